The van der Waals surface area contributed by atoms with E-state index in [0.717, 1.165) is 0 Å². The molecule has 1 rings (SSSR count). The number of carbonyl (C=O) groups excluding carboxylic acids is 1. The Labute approximate surface area is 91.7 Å². The van der Waals surface area contributed by atoms with Crippen molar-refractivity contribution in [1.82, 2.24) is 9.88 Å². The van der Waals surface area contributed by atoms with Crippen LogP contribution >= 0.6 is 23.6 Å². The summed E-state index contributed by atoms with van der Waals surface area (Å²) in [4.78, 5) is 17.5. The van der Waals surface area contributed by atoms with Crippen molar-refractivity contribution in [3.8, 4) is 0 Å². The number of nitrogens with zero attached hydrogens (tertiary/aromatic N) is 2. The zero-order valence-corrected chi connectivity index (χ0v) is 9.40. The molecule has 0 aliphatic heterocycles. The largest absolute Gasteiger partial charge is 0.392 e. The van der Waals surface area contributed by atoms with Crippen molar-refractivity contribution in [2.75, 3.05) is 13.1 Å². The molecule has 76 valence electrons. The van der Waals surface area contributed by atoms with Crippen LogP contribution < -0.4 is 5.73 Å². The topological polar surface area (TPSA) is 59.2 Å². The van der Waals surface area contributed by atoms with Gasteiger partial charge in [-0.25, -0.2) is 4.98 Å². The average Bonchev–Trinajstić information content (AvgIpc) is 2.65. The van der Waals surface area contributed by atoms with Gasteiger partial charge in [0.2, 0.25) is 0 Å². The standard InChI is InChI=1S/C8H11N3OS2/c1-2-11(3-7(9)13)8(12)6-4-14-5-10-6/h4-5H,2-3H2,1H3,(H2,9,13). The van der Waals surface area contributed by atoms with Crippen LogP contribution in [-0.4, -0.2) is 33.9 Å². The Balaban J connectivity index is 2.70. The Kier molecular flexibility index (Phi) is 3.97. The molecular formula is C8H11N3OS2. The quantitative estimate of drug-likeness (QED) is 0.779. The van der Waals surface area contributed by atoms with Gasteiger partial charge in [-0.15, -0.1) is 11.3 Å². The summed E-state index contributed by atoms with van der Waals surface area (Å²) in [7, 11) is 0. The van der Waals surface area contributed by atoms with E-state index in [0.29, 0.717) is 23.8 Å². The molecule has 0 aliphatic carbocycles. The second-order valence-corrected chi connectivity index (χ2v) is 3.90. The Morgan fingerprint density at radius 2 is 2.50 bits per heavy atom. The number of thiazole rings is 1. The van der Waals surface area contributed by atoms with Gasteiger partial charge in [-0.2, -0.15) is 0 Å². The first-order valence-corrected chi connectivity index (χ1v) is 5.46. The van der Waals surface area contributed by atoms with Gasteiger partial charge in [0, 0.05) is 11.9 Å². The number of hydrogen-bond donors (Lipinski definition) is 1. The van der Waals surface area contributed by atoms with E-state index in [1.54, 1.807) is 15.8 Å². The van der Waals surface area contributed by atoms with E-state index >= 15 is 0 Å². The highest BCUT2D eigenvalue weighted by molar-refractivity contribution is 7.80. The van der Waals surface area contributed by atoms with Crippen LogP contribution in [0.4, 0.5) is 0 Å². The molecule has 4 nitrogen and oxygen atoms in total. The van der Waals surface area contributed by atoms with E-state index in [4.69, 9.17) is 18.0 Å². The highest BCUT2D eigenvalue weighted by atomic mass is 32.1. The van der Waals surface area contributed by atoms with Crippen molar-refractivity contribution in [1.29, 1.82) is 0 Å². The average molecular weight is 229 g/mol. The summed E-state index contributed by atoms with van der Waals surface area (Å²) in [5, 5.41) is 1.71. The van der Waals surface area contributed by atoms with Crippen molar-refractivity contribution in [3.63, 3.8) is 0 Å². The molecule has 0 spiro atoms. The van der Waals surface area contributed by atoms with Crippen molar-refractivity contribution in [3.05, 3.63) is 16.6 Å². The van der Waals surface area contributed by atoms with Gasteiger partial charge in [-0.1, -0.05) is 12.2 Å². The highest BCUT2D eigenvalue weighted by Gasteiger charge is 2.15. The first-order chi connectivity index (χ1) is 6.65. The van der Waals surface area contributed by atoms with Gasteiger partial charge >= 0.3 is 0 Å². The zero-order valence-electron chi connectivity index (χ0n) is 7.77. The summed E-state index contributed by atoms with van der Waals surface area (Å²) in [5.74, 6) is -0.124. The number of thiocarbonyl (C=S) groups is 1. The maximum absolute atomic E-state index is 11.7. The molecule has 6 heteroatoms. The van der Waals surface area contributed by atoms with E-state index in [1.807, 2.05) is 6.92 Å². The Bertz CT molecular complexity index is 323. The molecule has 1 amide bonds. The van der Waals surface area contributed by atoms with E-state index in [-0.39, 0.29) is 5.91 Å². The lowest BCUT2D eigenvalue weighted by Crippen LogP contribution is -2.37. The maximum Gasteiger partial charge on any atom is 0.273 e. The van der Waals surface area contributed by atoms with Crippen LogP contribution in [0.1, 0.15) is 17.4 Å². The van der Waals surface area contributed by atoms with Crippen molar-refractivity contribution in [2.45, 2.75) is 6.92 Å². The van der Waals surface area contributed by atoms with Crippen LogP contribution in [0.5, 0.6) is 0 Å². The number of likely N-dealkylation sites (N-methyl/N-ethyl adjacent to an activating group) is 1. The van der Waals surface area contributed by atoms with Crippen LogP contribution in [0.25, 0.3) is 0 Å². The monoisotopic (exact) mass is 229 g/mol. The van der Waals surface area contributed by atoms with Gasteiger partial charge in [0.05, 0.1) is 17.0 Å². The lowest BCUT2D eigenvalue weighted by atomic mass is 10.4. The van der Waals surface area contributed by atoms with Crippen molar-refractivity contribution < 1.29 is 4.79 Å². The fourth-order valence-corrected chi connectivity index (χ4v) is 1.68. The minimum absolute atomic E-state index is 0.124. The fraction of sp³-hybridized carbons (Fsp3) is 0.375. The minimum Gasteiger partial charge on any atom is -0.392 e. The Morgan fingerprint density at radius 3 is 2.93 bits per heavy atom. The van der Waals surface area contributed by atoms with Gasteiger partial charge in [-0.3, -0.25) is 4.79 Å². The summed E-state index contributed by atoms with van der Waals surface area (Å²) in [6, 6.07) is 0. The molecule has 2 N–H and O–H groups in total. The number of carbonyl (C=O) groups is 1. The van der Waals surface area contributed by atoms with Crippen LogP contribution in [0.3, 0.4) is 0 Å². The van der Waals surface area contributed by atoms with E-state index in [9.17, 15) is 4.79 Å². The Hall–Kier alpha value is -1.01. The molecule has 0 unspecified atom stereocenters. The van der Waals surface area contributed by atoms with Crippen molar-refractivity contribution in [2.24, 2.45) is 5.73 Å². The minimum atomic E-state index is -0.124. The number of aromatic nitrogens is 1. The van der Waals surface area contributed by atoms with Crippen LogP contribution in [0, 0.1) is 0 Å². The van der Waals surface area contributed by atoms with Crippen LogP contribution in [0.2, 0.25) is 0 Å². The molecule has 0 saturated carbocycles. The predicted octanol–water partition coefficient (Wildman–Crippen LogP) is 0.891. The zero-order chi connectivity index (χ0) is 10.6. The lowest BCUT2D eigenvalue weighted by Gasteiger charge is -2.18. The van der Waals surface area contributed by atoms with E-state index in [2.05, 4.69) is 4.98 Å². The molecule has 1 aromatic heterocycles. The maximum atomic E-state index is 11.7. The molecule has 0 saturated heterocycles. The number of hydrogen-bond acceptors (Lipinski definition) is 4. The first kappa shape index (κ1) is 11.1. The Morgan fingerprint density at radius 1 is 1.79 bits per heavy atom. The highest BCUT2D eigenvalue weighted by Crippen LogP contribution is 2.05. The molecule has 14 heavy (non-hydrogen) atoms. The summed E-state index contributed by atoms with van der Waals surface area (Å²) in [6.45, 7) is 2.76. The van der Waals surface area contributed by atoms with Gasteiger partial charge in [0.25, 0.3) is 5.91 Å². The van der Waals surface area contributed by atoms with Crippen LogP contribution in [0.15, 0.2) is 10.9 Å². The fourth-order valence-electron chi connectivity index (χ4n) is 0.995. The predicted molar refractivity (Wildman–Crippen MR) is 60.5 cm³/mol. The van der Waals surface area contributed by atoms with Gasteiger partial charge < -0.3 is 10.6 Å². The third kappa shape index (κ3) is 2.74. The van der Waals surface area contributed by atoms with Gasteiger partial charge in [-0.05, 0) is 6.92 Å². The molecular weight excluding hydrogens is 218 g/mol. The third-order valence-electron chi connectivity index (χ3n) is 1.67. The van der Waals surface area contributed by atoms with E-state index in [1.165, 1.54) is 11.3 Å². The molecule has 1 heterocycles. The molecule has 0 aliphatic rings. The summed E-state index contributed by atoms with van der Waals surface area (Å²) in [6.07, 6.45) is 0. The molecule has 0 aromatic carbocycles. The molecule has 0 atom stereocenters. The summed E-state index contributed by atoms with van der Waals surface area (Å²) < 4.78 is 0. The smallest absolute Gasteiger partial charge is 0.273 e. The molecule has 0 radical (unpaired) electrons. The molecule has 0 bridgehead atoms. The third-order valence-corrected chi connectivity index (χ3v) is 2.38. The van der Waals surface area contributed by atoms with Gasteiger partial charge in [0.1, 0.15) is 5.69 Å². The summed E-state index contributed by atoms with van der Waals surface area (Å²) in [5.41, 5.74) is 7.46. The van der Waals surface area contributed by atoms with Crippen LogP contribution in [-0.2, 0) is 0 Å². The molecule has 0 fully saturated rings. The number of rotatable bonds is 4. The lowest BCUT2D eigenvalue weighted by molar-refractivity contribution is 0.0783. The molecule has 1 aromatic rings. The number of nitrogens with two attached hydrogens (primary N) is 1. The van der Waals surface area contributed by atoms with Crippen molar-refractivity contribution >= 4 is 34.5 Å². The SMILES string of the molecule is CCN(CC(N)=S)C(=O)c1cscn1. The first-order valence-electron chi connectivity index (χ1n) is 4.11. The normalized spacial score (nSPS) is 9.79. The number of amides is 1. The second kappa shape index (κ2) is 5.02. The summed E-state index contributed by atoms with van der Waals surface area (Å²) >= 11 is 6.14. The second-order valence-electron chi connectivity index (χ2n) is 2.66. The van der Waals surface area contributed by atoms with Gasteiger partial charge in [0.15, 0.2) is 0 Å². The van der Waals surface area contributed by atoms with E-state index < -0.39 is 0 Å².